The Morgan fingerprint density at radius 2 is 1.97 bits per heavy atom. The molecule has 1 aromatic rings. The molecule has 166 valence electrons. The molecule has 0 spiro atoms. The third kappa shape index (κ3) is 4.64. The molecule has 1 unspecified atom stereocenters. The number of aromatic amines is 1. The molecule has 0 radical (unpaired) electrons. The maximum Gasteiger partial charge on any atom is 0.469 e. The molecule has 2 heterocycles. The van der Waals surface area contributed by atoms with Crippen LogP contribution in [0.3, 0.4) is 0 Å². The van der Waals surface area contributed by atoms with E-state index in [1.54, 1.807) is 6.92 Å². The molecule has 1 aliphatic rings. The zero-order valence-electron chi connectivity index (χ0n) is 17.1. The lowest BCUT2D eigenvalue weighted by atomic mass is 9.95. The van der Waals surface area contributed by atoms with Crippen molar-refractivity contribution in [3.63, 3.8) is 0 Å². The maximum atomic E-state index is 12.8. The van der Waals surface area contributed by atoms with Crippen LogP contribution in [0, 0.1) is 12.8 Å². The number of aliphatic hydroxyl groups excluding tert-OH is 1. The number of ether oxygens (including phenoxy) is 2. The number of phosphoric acid groups is 1. The van der Waals surface area contributed by atoms with Crippen LogP contribution in [0.25, 0.3) is 0 Å². The molecule has 0 saturated carbocycles. The summed E-state index contributed by atoms with van der Waals surface area (Å²) in [7, 11) is -6.01. The van der Waals surface area contributed by atoms with Gasteiger partial charge in [0, 0.05) is 31.4 Å². The average Bonchev–Trinajstić information content (AvgIpc) is 2.88. The predicted molar refractivity (Wildman–Crippen MR) is 106 cm³/mol. The van der Waals surface area contributed by atoms with Crippen molar-refractivity contribution in [1.29, 1.82) is 0 Å². The highest BCUT2D eigenvalue weighted by molar-refractivity contribution is 7.46. The summed E-state index contributed by atoms with van der Waals surface area (Å²) in [6, 6.07) is 0. The lowest BCUT2D eigenvalue weighted by Gasteiger charge is -2.45. The highest BCUT2D eigenvalue weighted by atomic mass is 31.2. The number of rotatable bonds is 8. The summed E-state index contributed by atoms with van der Waals surface area (Å²) in [5.41, 5.74) is -0.972. The van der Waals surface area contributed by atoms with Crippen LogP contribution in [0.4, 0.5) is 0 Å². The number of hydrogen-bond acceptors (Lipinski definition) is 7. The smallest absolute Gasteiger partial charge is 0.394 e. The van der Waals surface area contributed by atoms with Gasteiger partial charge in [-0.15, -0.1) is 0 Å². The van der Waals surface area contributed by atoms with Crippen molar-refractivity contribution in [3.05, 3.63) is 32.6 Å². The molecule has 1 aromatic heterocycles. The second kappa shape index (κ2) is 8.56. The van der Waals surface area contributed by atoms with Crippen molar-refractivity contribution < 1.29 is 33.5 Å². The van der Waals surface area contributed by atoms with Gasteiger partial charge in [0.1, 0.15) is 25.6 Å². The van der Waals surface area contributed by atoms with Gasteiger partial charge in [0.25, 0.3) is 5.56 Å². The first kappa shape index (κ1) is 24.2. The molecule has 29 heavy (non-hydrogen) atoms. The van der Waals surface area contributed by atoms with Gasteiger partial charge in [0.2, 0.25) is 0 Å². The topological polar surface area (TPSA) is 160 Å². The number of nitrogens with zero attached hydrogens (tertiary/aromatic N) is 1. The number of aliphatic hydroxyl groups is 1. The molecular weight excluding hydrogens is 423 g/mol. The first-order valence-corrected chi connectivity index (χ1v) is 14.2. The van der Waals surface area contributed by atoms with Gasteiger partial charge in [-0.25, -0.2) is 9.36 Å². The minimum atomic E-state index is -4.93. The molecule has 1 aliphatic heterocycles. The maximum absolute atomic E-state index is 12.8. The van der Waals surface area contributed by atoms with E-state index in [-0.39, 0.29) is 18.6 Å². The predicted octanol–water partition coefficient (Wildman–Crippen LogP) is -0.103. The van der Waals surface area contributed by atoms with Crippen LogP contribution in [0.2, 0.25) is 19.6 Å². The Bertz CT molecular complexity index is 890. The van der Waals surface area contributed by atoms with Crippen LogP contribution in [0.15, 0.2) is 15.8 Å². The van der Waals surface area contributed by atoms with Crippen LogP contribution in [0.1, 0.15) is 12.0 Å². The fourth-order valence-electron chi connectivity index (χ4n) is 4.06. The third-order valence-corrected chi connectivity index (χ3v) is 8.62. The molecule has 11 nitrogen and oxygen atoms in total. The van der Waals surface area contributed by atoms with Crippen LogP contribution < -0.4 is 11.2 Å². The normalized spacial score (nSPS) is 28.1. The Labute approximate surface area is 168 Å². The Morgan fingerprint density at radius 1 is 1.34 bits per heavy atom. The van der Waals surface area contributed by atoms with Gasteiger partial charge in [-0.2, -0.15) is 0 Å². The molecule has 1 saturated heterocycles. The van der Waals surface area contributed by atoms with Gasteiger partial charge in [0.15, 0.2) is 0 Å². The molecule has 0 amide bonds. The summed E-state index contributed by atoms with van der Waals surface area (Å²) < 4.78 is 29.3. The van der Waals surface area contributed by atoms with E-state index in [1.807, 2.05) is 19.6 Å². The monoisotopic (exact) mass is 452 g/mol. The first-order valence-electron chi connectivity index (χ1n) is 9.13. The van der Waals surface area contributed by atoms with Crippen molar-refractivity contribution >= 4 is 15.9 Å². The van der Waals surface area contributed by atoms with Crippen molar-refractivity contribution in [3.8, 4) is 0 Å². The molecular formula is C16H29N2O9PSi. The fraction of sp³-hybridized carbons (Fsp3) is 0.750. The first-order chi connectivity index (χ1) is 13.3. The Balaban J connectivity index is 2.80. The number of aryl methyl sites for hydroxylation is 1. The molecule has 0 aliphatic carbocycles. The highest BCUT2D eigenvalue weighted by Gasteiger charge is 2.63. The van der Waals surface area contributed by atoms with Crippen LogP contribution in [-0.4, -0.2) is 65.0 Å². The minimum Gasteiger partial charge on any atom is -0.394 e. The van der Waals surface area contributed by atoms with E-state index in [2.05, 4.69) is 4.98 Å². The summed E-state index contributed by atoms with van der Waals surface area (Å²) in [6.45, 7) is 6.95. The molecule has 0 aromatic carbocycles. The summed E-state index contributed by atoms with van der Waals surface area (Å²) in [4.78, 5) is 45.8. The van der Waals surface area contributed by atoms with E-state index < -0.39 is 57.2 Å². The van der Waals surface area contributed by atoms with Gasteiger partial charge in [-0.3, -0.25) is 18.9 Å². The van der Waals surface area contributed by atoms with Gasteiger partial charge >= 0.3 is 13.5 Å². The largest absolute Gasteiger partial charge is 0.469 e. The Kier molecular flexibility index (Phi) is 7.13. The molecule has 2 rings (SSSR count). The number of H-pyrrole nitrogens is 1. The standard InChI is InChI=1S/C16H29N2O9PSi/c1-10-8-18(15(21)17-14(10)20)16(29(3,4)5)11(6-7-25-2)13(12(9-19)26-16)27-28(22,23)24/h8,11-13,19H,6-7,9H2,1-5H3,(H,17,20,21)(H2,22,23,24)/t11?,12-,13+,16+/m1/s1. The van der Waals surface area contributed by atoms with Crippen molar-refractivity contribution in [1.82, 2.24) is 9.55 Å². The second-order valence-corrected chi connectivity index (χ2v) is 14.6. The Hall–Kier alpha value is -1.11. The Morgan fingerprint density at radius 3 is 2.45 bits per heavy atom. The van der Waals surface area contributed by atoms with Gasteiger partial charge in [-0.05, 0) is 13.3 Å². The quantitative estimate of drug-likeness (QED) is 0.312. The van der Waals surface area contributed by atoms with Crippen LogP contribution in [-0.2, 0) is 23.9 Å². The summed E-state index contributed by atoms with van der Waals surface area (Å²) >= 11 is 0. The van der Waals surface area contributed by atoms with E-state index >= 15 is 0 Å². The van der Waals surface area contributed by atoms with E-state index in [0.29, 0.717) is 0 Å². The van der Waals surface area contributed by atoms with Gasteiger partial charge < -0.3 is 24.4 Å². The lowest BCUT2D eigenvalue weighted by Crippen LogP contribution is -2.62. The van der Waals surface area contributed by atoms with Gasteiger partial charge in [-0.1, -0.05) is 19.6 Å². The van der Waals surface area contributed by atoms with Crippen LogP contribution in [0.5, 0.6) is 0 Å². The lowest BCUT2D eigenvalue weighted by molar-refractivity contribution is -0.0844. The van der Waals surface area contributed by atoms with Gasteiger partial charge in [0.05, 0.1) is 6.61 Å². The zero-order chi connectivity index (χ0) is 22.2. The fourth-order valence-corrected chi connectivity index (χ4v) is 7.47. The number of nitrogens with one attached hydrogen (secondary N) is 1. The van der Waals surface area contributed by atoms with E-state index in [0.717, 1.165) is 0 Å². The molecule has 4 N–H and O–H groups in total. The average molecular weight is 452 g/mol. The molecule has 0 bridgehead atoms. The number of phosphoric ester groups is 1. The second-order valence-electron chi connectivity index (χ2n) is 8.18. The third-order valence-electron chi connectivity index (χ3n) is 5.22. The molecule has 1 fully saturated rings. The molecule has 4 atom stereocenters. The summed E-state index contributed by atoms with van der Waals surface area (Å²) in [5, 5.41) is 8.51. The van der Waals surface area contributed by atoms with E-state index in [1.165, 1.54) is 17.9 Å². The molecule has 13 heteroatoms. The SMILES string of the molecule is COCCC1[C@H](OP(=O)(O)O)[C@@H](CO)O[C@]1(n1cc(C)c(=O)[nH]c1=O)[Si](C)(C)C. The summed E-state index contributed by atoms with van der Waals surface area (Å²) in [6.07, 6.45) is -0.655. The summed E-state index contributed by atoms with van der Waals surface area (Å²) in [5.74, 6) is -0.734. The van der Waals surface area contributed by atoms with Crippen LogP contribution >= 0.6 is 7.82 Å². The van der Waals surface area contributed by atoms with Crippen molar-refractivity contribution in [2.45, 2.75) is 50.5 Å². The number of aromatic nitrogens is 2. The van der Waals surface area contributed by atoms with E-state index in [9.17, 15) is 29.0 Å². The van der Waals surface area contributed by atoms with Crippen molar-refractivity contribution in [2.24, 2.45) is 5.92 Å². The highest BCUT2D eigenvalue weighted by Crippen LogP contribution is 2.52. The number of methoxy groups -OCH3 is 1. The van der Waals surface area contributed by atoms with E-state index in [4.69, 9.17) is 14.0 Å². The number of hydrogen-bond donors (Lipinski definition) is 4. The minimum absolute atomic E-state index is 0.205. The zero-order valence-corrected chi connectivity index (χ0v) is 19.0. The van der Waals surface area contributed by atoms with Crippen molar-refractivity contribution in [2.75, 3.05) is 20.3 Å².